The molecule has 0 heterocycles. The summed E-state index contributed by atoms with van der Waals surface area (Å²) in [7, 11) is 0. The highest BCUT2D eigenvalue weighted by molar-refractivity contribution is 5.71. The van der Waals surface area contributed by atoms with Crippen molar-refractivity contribution in [3.05, 3.63) is 109 Å². The molecule has 0 aliphatic rings. The summed E-state index contributed by atoms with van der Waals surface area (Å²) in [5.41, 5.74) is 0. The zero-order valence-electron chi connectivity index (χ0n) is 44.8. The van der Waals surface area contributed by atoms with Crippen molar-refractivity contribution < 1.29 is 28.6 Å². The molecule has 0 fully saturated rings. The van der Waals surface area contributed by atoms with E-state index in [4.69, 9.17) is 14.2 Å². The molecule has 69 heavy (non-hydrogen) atoms. The van der Waals surface area contributed by atoms with E-state index in [9.17, 15) is 14.4 Å². The minimum atomic E-state index is -0.797. The van der Waals surface area contributed by atoms with Gasteiger partial charge in [0.25, 0.3) is 0 Å². The number of hydrogen-bond donors (Lipinski definition) is 0. The summed E-state index contributed by atoms with van der Waals surface area (Å²) >= 11 is 0. The molecule has 0 aliphatic heterocycles. The van der Waals surface area contributed by atoms with Crippen LogP contribution in [0.3, 0.4) is 0 Å². The number of allylic oxidation sites excluding steroid dienone is 18. The number of carbonyl (C=O) groups is 3. The fourth-order valence-corrected chi connectivity index (χ4v) is 7.60. The Kier molecular flexibility index (Phi) is 53.4. The molecule has 392 valence electrons. The van der Waals surface area contributed by atoms with Gasteiger partial charge in [-0.15, -0.1) is 0 Å². The van der Waals surface area contributed by atoms with E-state index in [2.05, 4.69) is 130 Å². The average molecular weight is 958 g/mol. The lowest BCUT2D eigenvalue weighted by molar-refractivity contribution is -0.167. The number of esters is 3. The van der Waals surface area contributed by atoms with Gasteiger partial charge in [-0.25, -0.2) is 0 Å². The quantitative estimate of drug-likeness (QED) is 0.0199. The van der Waals surface area contributed by atoms with Crippen LogP contribution in [0, 0.1) is 0 Å². The van der Waals surface area contributed by atoms with E-state index < -0.39 is 6.10 Å². The Bertz CT molecular complexity index is 1420. The lowest BCUT2D eigenvalue weighted by Crippen LogP contribution is -2.30. The molecule has 1 atom stereocenters. The maximum absolute atomic E-state index is 12.9. The van der Waals surface area contributed by atoms with Crippen LogP contribution < -0.4 is 0 Å². The molecule has 0 spiro atoms. The van der Waals surface area contributed by atoms with Gasteiger partial charge in [-0.1, -0.05) is 239 Å². The van der Waals surface area contributed by atoms with Gasteiger partial charge in [-0.2, -0.15) is 0 Å². The van der Waals surface area contributed by atoms with Crippen LogP contribution in [0.4, 0.5) is 0 Å². The van der Waals surface area contributed by atoms with Crippen molar-refractivity contribution in [2.45, 2.75) is 258 Å². The van der Waals surface area contributed by atoms with Crippen LogP contribution >= 0.6 is 0 Å². The Morgan fingerprint density at radius 3 is 1.06 bits per heavy atom. The fraction of sp³-hybridized carbons (Fsp3) is 0.667. The van der Waals surface area contributed by atoms with Crippen LogP contribution in [-0.4, -0.2) is 37.2 Å². The molecular weight excluding hydrogens is 853 g/mol. The van der Waals surface area contributed by atoms with Gasteiger partial charge >= 0.3 is 17.9 Å². The molecular formula is C63H104O6. The summed E-state index contributed by atoms with van der Waals surface area (Å²) in [4.78, 5) is 38.2. The van der Waals surface area contributed by atoms with Gasteiger partial charge in [0, 0.05) is 19.3 Å². The van der Waals surface area contributed by atoms with Crippen molar-refractivity contribution in [1.29, 1.82) is 0 Å². The summed E-state index contributed by atoms with van der Waals surface area (Å²) in [5, 5.41) is 0. The third kappa shape index (κ3) is 54.9. The number of unbranched alkanes of at least 4 members (excludes halogenated alkanes) is 24. The summed E-state index contributed by atoms with van der Waals surface area (Å²) in [6, 6.07) is 0. The van der Waals surface area contributed by atoms with Crippen LogP contribution in [0.1, 0.15) is 252 Å². The first kappa shape index (κ1) is 65.1. The van der Waals surface area contributed by atoms with Crippen molar-refractivity contribution >= 4 is 17.9 Å². The van der Waals surface area contributed by atoms with Gasteiger partial charge < -0.3 is 14.2 Å². The molecule has 0 aromatic rings. The molecule has 0 N–H and O–H groups in total. The first-order chi connectivity index (χ1) is 34.0. The van der Waals surface area contributed by atoms with Crippen LogP contribution in [0.5, 0.6) is 0 Å². The molecule has 0 radical (unpaired) electrons. The van der Waals surface area contributed by atoms with E-state index in [1.54, 1.807) is 0 Å². The average Bonchev–Trinajstić information content (AvgIpc) is 3.35. The smallest absolute Gasteiger partial charge is 0.306 e. The zero-order valence-corrected chi connectivity index (χ0v) is 44.8. The summed E-state index contributed by atoms with van der Waals surface area (Å²) in [5.74, 6) is -0.932. The predicted octanol–water partition coefficient (Wildman–Crippen LogP) is 19.1. The Morgan fingerprint density at radius 2 is 0.638 bits per heavy atom. The van der Waals surface area contributed by atoms with Crippen molar-refractivity contribution in [3.8, 4) is 0 Å². The number of rotatable bonds is 50. The van der Waals surface area contributed by atoms with Gasteiger partial charge in [0.1, 0.15) is 13.2 Å². The Hall–Kier alpha value is -3.93. The van der Waals surface area contributed by atoms with Crippen molar-refractivity contribution in [2.75, 3.05) is 13.2 Å². The summed E-state index contributed by atoms with van der Waals surface area (Å²) < 4.78 is 16.8. The van der Waals surface area contributed by atoms with Crippen molar-refractivity contribution in [1.82, 2.24) is 0 Å². The molecule has 0 aliphatic carbocycles. The largest absolute Gasteiger partial charge is 0.462 e. The SMILES string of the molecule is CC/C=C/C=C/C=C/CCCCCCCC(=O)OCC(COC(=O)CCCCCCCC/C=C/C/C=C/C/C=C/C/C=C/CC)OC(=O)CCCCCCCCCCCC/C=C/C=C/CCCCC. The number of carbonyl (C=O) groups excluding carboxylic acids is 3. The molecule has 6 nitrogen and oxygen atoms in total. The molecule has 0 rings (SSSR count). The third-order valence-corrected chi connectivity index (χ3v) is 11.8. The Labute approximate surface area is 425 Å². The normalized spacial score (nSPS) is 12.9. The lowest BCUT2D eigenvalue weighted by Gasteiger charge is -2.18. The monoisotopic (exact) mass is 957 g/mol. The Morgan fingerprint density at radius 1 is 0.319 bits per heavy atom. The predicted molar refractivity (Wildman–Crippen MR) is 297 cm³/mol. The topological polar surface area (TPSA) is 78.9 Å². The minimum Gasteiger partial charge on any atom is -0.462 e. The molecule has 6 heteroatoms. The van der Waals surface area contributed by atoms with Crippen molar-refractivity contribution in [2.24, 2.45) is 0 Å². The first-order valence-electron chi connectivity index (χ1n) is 28.4. The summed E-state index contributed by atoms with van der Waals surface area (Å²) in [6.07, 6.45) is 76.4. The molecule has 0 amide bonds. The van der Waals surface area contributed by atoms with Crippen LogP contribution in [-0.2, 0) is 28.6 Å². The van der Waals surface area contributed by atoms with E-state index in [1.165, 1.54) is 89.9 Å². The third-order valence-electron chi connectivity index (χ3n) is 11.8. The standard InChI is InChI=1S/C63H104O6/c1-4-7-10-13-16-19-22-25-27-29-31-33-35-38-41-44-47-50-53-56-62(65)68-59-60(58-67-61(64)55-52-49-46-43-40-37-24-21-18-15-12-9-6-3)69-63(66)57-54-51-48-45-42-39-36-34-32-30-28-26-23-20-17-14-11-8-5-2/h7,9-10,12,15-21,23-27,31,33,60H,4-6,8,11,13-14,22,28-30,32,34-59H2,1-3H3/b10-7+,12-9+,18-15+,19-16+,20-17+,24-21+,26-23+,27-25+,33-31+. The molecule has 0 aromatic carbocycles. The van der Waals surface area contributed by atoms with E-state index >= 15 is 0 Å². The molecule has 0 bridgehead atoms. The van der Waals surface area contributed by atoms with Gasteiger partial charge in [-0.3, -0.25) is 14.4 Å². The lowest BCUT2D eigenvalue weighted by atomic mass is 10.1. The molecule has 0 aromatic heterocycles. The highest BCUT2D eigenvalue weighted by Crippen LogP contribution is 2.15. The van der Waals surface area contributed by atoms with Crippen molar-refractivity contribution in [3.63, 3.8) is 0 Å². The maximum atomic E-state index is 12.9. The first-order valence-corrected chi connectivity index (χ1v) is 28.4. The zero-order chi connectivity index (χ0) is 50.0. The molecule has 0 saturated carbocycles. The van der Waals surface area contributed by atoms with E-state index in [1.807, 2.05) is 0 Å². The van der Waals surface area contributed by atoms with E-state index in [0.29, 0.717) is 19.3 Å². The highest BCUT2D eigenvalue weighted by atomic mass is 16.6. The second-order valence-corrected chi connectivity index (χ2v) is 18.5. The van der Waals surface area contributed by atoms with Gasteiger partial charge in [0.2, 0.25) is 0 Å². The maximum Gasteiger partial charge on any atom is 0.306 e. The number of ether oxygens (including phenoxy) is 3. The molecule has 0 saturated heterocycles. The number of hydrogen-bond acceptors (Lipinski definition) is 6. The van der Waals surface area contributed by atoms with Crippen LogP contribution in [0.15, 0.2) is 109 Å². The second kappa shape index (κ2) is 56.7. The van der Waals surface area contributed by atoms with Gasteiger partial charge in [0.05, 0.1) is 0 Å². The summed E-state index contributed by atoms with van der Waals surface area (Å²) in [6.45, 7) is 6.34. The Balaban J connectivity index is 4.42. The van der Waals surface area contributed by atoms with Crippen LogP contribution in [0.2, 0.25) is 0 Å². The molecule has 1 unspecified atom stereocenters. The van der Waals surface area contributed by atoms with E-state index in [0.717, 1.165) is 122 Å². The highest BCUT2D eigenvalue weighted by Gasteiger charge is 2.19. The fourth-order valence-electron chi connectivity index (χ4n) is 7.60. The van der Waals surface area contributed by atoms with Gasteiger partial charge in [0.15, 0.2) is 6.10 Å². The minimum absolute atomic E-state index is 0.0952. The second-order valence-electron chi connectivity index (χ2n) is 18.5. The van der Waals surface area contributed by atoms with E-state index in [-0.39, 0.29) is 31.1 Å². The van der Waals surface area contributed by atoms with Crippen LogP contribution in [0.25, 0.3) is 0 Å². The van der Waals surface area contributed by atoms with Gasteiger partial charge in [-0.05, 0) is 103 Å².